The Balaban J connectivity index is 1.71. The van der Waals surface area contributed by atoms with Crippen molar-refractivity contribution in [1.82, 2.24) is 0 Å². The summed E-state index contributed by atoms with van der Waals surface area (Å²) in [5.41, 5.74) is 12.2. The molecular formula is C31H21BrO. The standard InChI is InChI=1S/C31H21BrO/c1-3-9-27-18(2)19-16-17-25-29(30(19)33-27)21-11-5-7-13-23(21)31(25)22-12-6-4-10-20(22)28-24(31)14-8-15-26(28)32/h3-17H,1-2H3/b9-3-. The highest BCUT2D eigenvalue weighted by molar-refractivity contribution is 9.10. The quantitative estimate of drug-likeness (QED) is 0.224. The highest BCUT2D eigenvalue weighted by Crippen LogP contribution is 2.64. The molecule has 1 heterocycles. The van der Waals surface area contributed by atoms with Gasteiger partial charge in [0.05, 0.1) is 5.41 Å². The lowest BCUT2D eigenvalue weighted by atomic mass is 9.70. The number of halogens is 1. The fraction of sp³-hybridized carbons (Fsp3) is 0.0968. The van der Waals surface area contributed by atoms with E-state index in [9.17, 15) is 0 Å². The molecule has 5 aromatic rings. The fourth-order valence-electron chi connectivity index (χ4n) is 6.23. The molecule has 0 radical (unpaired) electrons. The molecule has 1 atom stereocenters. The molecule has 1 unspecified atom stereocenters. The van der Waals surface area contributed by atoms with E-state index in [2.05, 4.69) is 108 Å². The summed E-state index contributed by atoms with van der Waals surface area (Å²) in [5.74, 6) is 0.939. The van der Waals surface area contributed by atoms with E-state index in [-0.39, 0.29) is 5.41 Å². The summed E-state index contributed by atoms with van der Waals surface area (Å²) < 4.78 is 7.68. The highest BCUT2D eigenvalue weighted by Gasteiger charge is 2.52. The summed E-state index contributed by atoms with van der Waals surface area (Å²) >= 11 is 3.87. The van der Waals surface area contributed by atoms with E-state index in [1.807, 2.05) is 13.0 Å². The Bertz CT molecular complexity index is 1650. The van der Waals surface area contributed by atoms with Crippen LogP contribution in [-0.2, 0) is 5.41 Å². The van der Waals surface area contributed by atoms with Crippen LogP contribution in [0.4, 0.5) is 0 Å². The minimum Gasteiger partial charge on any atom is -0.456 e. The van der Waals surface area contributed by atoms with Gasteiger partial charge in [0.1, 0.15) is 11.3 Å². The van der Waals surface area contributed by atoms with Gasteiger partial charge in [-0.15, -0.1) is 0 Å². The van der Waals surface area contributed by atoms with Crippen molar-refractivity contribution >= 4 is 33.0 Å². The Kier molecular flexibility index (Phi) is 3.82. The van der Waals surface area contributed by atoms with Crippen LogP contribution in [-0.4, -0.2) is 0 Å². The average molecular weight is 489 g/mol. The fourth-order valence-corrected chi connectivity index (χ4v) is 6.81. The van der Waals surface area contributed by atoms with E-state index in [1.54, 1.807) is 0 Å². The van der Waals surface area contributed by atoms with Gasteiger partial charge in [-0.3, -0.25) is 0 Å². The second-order valence-corrected chi connectivity index (χ2v) is 9.81. The minimum atomic E-state index is -0.350. The van der Waals surface area contributed by atoms with Crippen LogP contribution in [0.5, 0.6) is 0 Å². The molecule has 0 saturated heterocycles. The average Bonchev–Trinajstić information content (AvgIpc) is 3.43. The second kappa shape index (κ2) is 6.59. The molecule has 0 amide bonds. The maximum absolute atomic E-state index is 6.55. The van der Waals surface area contributed by atoms with E-state index in [1.165, 1.54) is 55.5 Å². The molecule has 158 valence electrons. The monoisotopic (exact) mass is 488 g/mol. The molecule has 1 nitrogen and oxygen atoms in total. The van der Waals surface area contributed by atoms with Gasteiger partial charge in [0, 0.05) is 26.5 Å². The normalized spacial score (nSPS) is 17.5. The minimum absolute atomic E-state index is 0.350. The lowest BCUT2D eigenvalue weighted by Gasteiger charge is -2.30. The molecule has 4 aromatic carbocycles. The van der Waals surface area contributed by atoms with Gasteiger partial charge >= 0.3 is 0 Å². The molecule has 0 bridgehead atoms. The van der Waals surface area contributed by atoms with E-state index in [0.717, 1.165) is 15.8 Å². The smallest absolute Gasteiger partial charge is 0.143 e. The third-order valence-electron chi connectivity index (χ3n) is 7.48. The predicted octanol–water partition coefficient (Wildman–Crippen LogP) is 8.88. The van der Waals surface area contributed by atoms with Crippen molar-refractivity contribution in [2.45, 2.75) is 19.3 Å². The van der Waals surface area contributed by atoms with Gasteiger partial charge < -0.3 is 4.42 Å². The summed E-state index contributed by atoms with van der Waals surface area (Å²) in [7, 11) is 0. The lowest BCUT2D eigenvalue weighted by Crippen LogP contribution is -2.25. The van der Waals surface area contributed by atoms with E-state index in [4.69, 9.17) is 4.42 Å². The van der Waals surface area contributed by atoms with Crippen LogP contribution in [0.3, 0.4) is 0 Å². The first-order valence-corrected chi connectivity index (χ1v) is 12.1. The number of benzene rings is 4. The third kappa shape index (κ3) is 2.18. The van der Waals surface area contributed by atoms with Gasteiger partial charge in [0.25, 0.3) is 0 Å². The molecule has 1 aromatic heterocycles. The van der Waals surface area contributed by atoms with Crippen molar-refractivity contribution in [2.24, 2.45) is 0 Å². The van der Waals surface area contributed by atoms with Crippen molar-refractivity contribution in [2.75, 3.05) is 0 Å². The van der Waals surface area contributed by atoms with Crippen LogP contribution in [0.1, 0.15) is 40.5 Å². The predicted molar refractivity (Wildman–Crippen MR) is 140 cm³/mol. The van der Waals surface area contributed by atoms with Gasteiger partial charge in [0.15, 0.2) is 0 Å². The van der Waals surface area contributed by atoms with Gasteiger partial charge in [-0.2, -0.15) is 0 Å². The molecule has 2 aliphatic rings. The zero-order valence-electron chi connectivity index (χ0n) is 18.4. The SMILES string of the molecule is C/C=C\c1oc2c3c(ccc2c1C)C1(c2ccccc2-c2c(Br)cccc21)c1ccccc1-3. The first-order valence-electron chi connectivity index (χ1n) is 11.4. The Morgan fingerprint density at radius 3 is 2.09 bits per heavy atom. The Hall–Kier alpha value is -3.36. The van der Waals surface area contributed by atoms with Crippen molar-refractivity contribution in [3.05, 3.63) is 123 Å². The topological polar surface area (TPSA) is 13.1 Å². The number of hydrogen-bond donors (Lipinski definition) is 0. The Labute approximate surface area is 201 Å². The molecular weight excluding hydrogens is 468 g/mol. The molecule has 33 heavy (non-hydrogen) atoms. The Morgan fingerprint density at radius 2 is 1.36 bits per heavy atom. The van der Waals surface area contributed by atoms with Gasteiger partial charge in [-0.1, -0.05) is 94.8 Å². The first kappa shape index (κ1) is 19.1. The van der Waals surface area contributed by atoms with Crippen molar-refractivity contribution in [3.8, 4) is 22.3 Å². The molecule has 2 aliphatic carbocycles. The molecule has 7 rings (SSSR count). The lowest BCUT2D eigenvalue weighted by molar-refractivity contribution is 0.601. The van der Waals surface area contributed by atoms with Gasteiger partial charge in [0.2, 0.25) is 0 Å². The van der Waals surface area contributed by atoms with Crippen LogP contribution in [0.15, 0.2) is 93.8 Å². The zero-order chi connectivity index (χ0) is 22.3. The first-order chi connectivity index (χ1) is 16.2. The summed E-state index contributed by atoms with van der Waals surface area (Å²) in [5, 5.41) is 1.19. The van der Waals surface area contributed by atoms with Crippen molar-refractivity contribution in [1.29, 1.82) is 0 Å². The van der Waals surface area contributed by atoms with Gasteiger partial charge in [-0.25, -0.2) is 0 Å². The zero-order valence-corrected chi connectivity index (χ0v) is 20.0. The number of furan rings is 1. The van der Waals surface area contributed by atoms with Crippen LogP contribution < -0.4 is 0 Å². The molecule has 0 saturated carbocycles. The molecule has 1 spiro atoms. The van der Waals surface area contributed by atoms with Crippen LogP contribution in [0.25, 0.3) is 39.3 Å². The number of allylic oxidation sites excluding steroid dienone is 1. The summed E-state index contributed by atoms with van der Waals surface area (Å²) in [4.78, 5) is 0. The number of rotatable bonds is 1. The third-order valence-corrected chi connectivity index (χ3v) is 8.14. The maximum Gasteiger partial charge on any atom is 0.143 e. The molecule has 2 heteroatoms. The molecule has 0 N–H and O–H groups in total. The van der Waals surface area contributed by atoms with Crippen molar-refractivity contribution < 1.29 is 4.42 Å². The summed E-state index contributed by atoms with van der Waals surface area (Å²) in [6.45, 7) is 4.19. The van der Waals surface area contributed by atoms with Crippen molar-refractivity contribution in [3.63, 3.8) is 0 Å². The highest BCUT2D eigenvalue weighted by atomic mass is 79.9. The maximum atomic E-state index is 6.55. The molecule has 0 aliphatic heterocycles. The van der Waals surface area contributed by atoms with E-state index < -0.39 is 0 Å². The largest absolute Gasteiger partial charge is 0.456 e. The summed E-state index contributed by atoms with van der Waals surface area (Å²) in [6.07, 6.45) is 4.11. The number of hydrogen-bond acceptors (Lipinski definition) is 1. The van der Waals surface area contributed by atoms with E-state index in [0.29, 0.717) is 0 Å². The van der Waals surface area contributed by atoms with Crippen LogP contribution >= 0.6 is 15.9 Å². The summed E-state index contributed by atoms with van der Waals surface area (Å²) in [6, 6.07) is 29.0. The molecule has 0 fully saturated rings. The van der Waals surface area contributed by atoms with Crippen LogP contribution in [0, 0.1) is 6.92 Å². The van der Waals surface area contributed by atoms with E-state index >= 15 is 0 Å². The Morgan fingerprint density at radius 1 is 0.727 bits per heavy atom. The number of aryl methyl sites for hydroxylation is 1. The van der Waals surface area contributed by atoms with Gasteiger partial charge in [-0.05, 0) is 59.4 Å². The second-order valence-electron chi connectivity index (χ2n) is 8.96. The number of fused-ring (bicyclic) bond motifs is 12. The van der Waals surface area contributed by atoms with Crippen LogP contribution in [0.2, 0.25) is 0 Å².